The number of aromatic nitrogens is 1. The number of nitro benzene ring substituents is 1. The predicted molar refractivity (Wildman–Crippen MR) is 70.4 cm³/mol. The summed E-state index contributed by atoms with van der Waals surface area (Å²) in [7, 11) is 3.92. The van der Waals surface area contributed by atoms with E-state index in [1.807, 2.05) is 19.0 Å². The Morgan fingerprint density at radius 1 is 1.42 bits per heavy atom. The van der Waals surface area contributed by atoms with E-state index in [0.717, 1.165) is 18.5 Å². The molecule has 7 heteroatoms. The van der Waals surface area contributed by atoms with Crippen molar-refractivity contribution in [3.8, 4) is 0 Å². The van der Waals surface area contributed by atoms with Gasteiger partial charge in [-0.05, 0) is 39.0 Å². The number of rotatable bonds is 5. The highest BCUT2D eigenvalue weighted by molar-refractivity contribution is 5.79. The number of hydrogen-bond acceptors (Lipinski definition) is 5. The van der Waals surface area contributed by atoms with Crippen LogP contribution >= 0.6 is 0 Å². The first kappa shape index (κ1) is 13.3. The number of hydrogen-bond donors (Lipinski definition) is 1. The molecule has 0 saturated heterocycles. The molecule has 2 rings (SSSR count). The third-order valence-electron chi connectivity index (χ3n) is 2.86. The summed E-state index contributed by atoms with van der Waals surface area (Å²) in [6, 6.07) is 2.76. The van der Waals surface area contributed by atoms with Crippen LogP contribution in [0.5, 0.6) is 0 Å². The molecule has 0 bridgehead atoms. The molecule has 0 spiro atoms. The lowest BCUT2D eigenvalue weighted by Gasteiger charge is -2.09. The molecule has 102 valence electrons. The van der Waals surface area contributed by atoms with Gasteiger partial charge in [-0.25, -0.2) is 4.79 Å². The number of nitro groups is 1. The van der Waals surface area contributed by atoms with E-state index in [1.165, 1.54) is 12.1 Å². The molecule has 0 aliphatic heterocycles. The van der Waals surface area contributed by atoms with Gasteiger partial charge in [0.25, 0.3) is 5.69 Å². The molecule has 1 aromatic carbocycles. The van der Waals surface area contributed by atoms with Crippen LogP contribution in [0.15, 0.2) is 21.3 Å². The van der Waals surface area contributed by atoms with Crippen LogP contribution in [0.2, 0.25) is 0 Å². The second-order valence-corrected chi connectivity index (χ2v) is 4.66. The smallest absolute Gasteiger partial charge is 0.408 e. The summed E-state index contributed by atoms with van der Waals surface area (Å²) in [6.45, 7) is 0.867. The summed E-state index contributed by atoms with van der Waals surface area (Å²) in [5.41, 5.74) is 1.46. The highest BCUT2D eigenvalue weighted by Crippen LogP contribution is 2.24. The minimum Gasteiger partial charge on any atom is -0.408 e. The van der Waals surface area contributed by atoms with Gasteiger partial charge in [-0.2, -0.15) is 0 Å². The molecule has 0 unspecified atom stereocenters. The molecule has 0 fully saturated rings. The molecule has 0 aliphatic carbocycles. The van der Waals surface area contributed by atoms with Gasteiger partial charge in [0.1, 0.15) is 0 Å². The van der Waals surface area contributed by atoms with Crippen LogP contribution in [-0.2, 0) is 6.42 Å². The molecule has 0 amide bonds. The highest BCUT2D eigenvalue weighted by Gasteiger charge is 2.15. The zero-order valence-corrected chi connectivity index (χ0v) is 10.8. The quantitative estimate of drug-likeness (QED) is 0.653. The van der Waals surface area contributed by atoms with Crippen LogP contribution < -0.4 is 5.76 Å². The molecule has 2 aromatic rings. The monoisotopic (exact) mass is 265 g/mol. The van der Waals surface area contributed by atoms with Crippen molar-refractivity contribution < 1.29 is 9.34 Å². The van der Waals surface area contributed by atoms with E-state index >= 15 is 0 Å². The predicted octanol–water partition coefficient (Wildman–Crippen LogP) is 1.52. The zero-order chi connectivity index (χ0) is 14.0. The Bertz CT molecular complexity index is 657. The topological polar surface area (TPSA) is 92.4 Å². The van der Waals surface area contributed by atoms with E-state index in [9.17, 15) is 14.9 Å². The maximum Gasteiger partial charge on any atom is 0.417 e. The number of H-pyrrole nitrogens is 1. The van der Waals surface area contributed by atoms with Crippen molar-refractivity contribution in [1.29, 1.82) is 0 Å². The Morgan fingerprint density at radius 2 is 2.16 bits per heavy atom. The van der Waals surface area contributed by atoms with E-state index in [4.69, 9.17) is 4.42 Å². The number of fused-ring (bicyclic) bond motifs is 1. The Labute approximate surface area is 109 Å². The van der Waals surface area contributed by atoms with Crippen molar-refractivity contribution in [3.63, 3.8) is 0 Å². The summed E-state index contributed by atoms with van der Waals surface area (Å²) in [4.78, 5) is 26.2. The second kappa shape index (κ2) is 5.23. The third kappa shape index (κ3) is 3.00. The summed E-state index contributed by atoms with van der Waals surface area (Å²) in [5.74, 6) is -0.593. The normalized spacial score (nSPS) is 11.3. The van der Waals surface area contributed by atoms with E-state index < -0.39 is 10.7 Å². The van der Waals surface area contributed by atoms with Gasteiger partial charge < -0.3 is 9.32 Å². The van der Waals surface area contributed by atoms with Gasteiger partial charge in [-0.3, -0.25) is 15.1 Å². The number of aryl methyl sites for hydroxylation is 1. The van der Waals surface area contributed by atoms with E-state index in [-0.39, 0.29) is 11.3 Å². The summed E-state index contributed by atoms with van der Waals surface area (Å²) in [6.07, 6.45) is 1.49. The lowest BCUT2D eigenvalue weighted by molar-refractivity contribution is -0.384. The molecule has 19 heavy (non-hydrogen) atoms. The number of oxazole rings is 1. The van der Waals surface area contributed by atoms with Gasteiger partial charge in [0.05, 0.1) is 16.5 Å². The van der Waals surface area contributed by atoms with Crippen LogP contribution in [0, 0.1) is 10.1 Å². The maximum atomic E-state index is 11.2. The number of nitrogens with one attached hydrogen (secondary N) is 1. The largest absolute Gasteiger partial charge is 0.417 e. The van der Waals surface area contributed by atoms with Gasteiger partial charge in [-0.15, -0.1) is 0 Å². The van der Waals surface area contributed by atoms with Crippen LogP contribution in [0.3, 0.4) is 0 Å². The standard InChI is InChI=1S/C12H15N3O4/c1-14(2)5-3-4-8-6-9(15(17)18)7-10-11(8)13-12(16)19-10/h6-7H,3-5H2,1-2H3,(H,13,16). The van der Waals surface area contributed by atoms with Gasteiger partial charge in [0.2, 0.25) is 0 Å². The lowest BCUT2D eigenvalue weighted by Crippen LogP contribution is -2.13. The molecule has 0 radical (unpaired) electrons. The minimum absolute atomic E-state index is 0.0601. The van der Waals surface area contributed by atoms with Crippen molar-refractivity contribution in [1.82, 2.24) is 9.88 Å². The number of aromatic amines is 1. The van der Waals surface area contributed by atoms with Crippen molar-refractivity contribution in [2.45, 2.75) is 12.8 Å². The summed E-state index contributed by atoms with van der Waals surface area (Å²) in [5, 5.41) is 10.9. The molecule has 1 N–H and O–H groups in total. The fourth-order valence-electron chi connectivity index (χ4n) is 2.00. The molecule has 0 saturated carbocycles. The highest BCUT2D eigenvalue weighted by atomic mass is 16.6. The molecule has 1 aromatic heterocycles. The van der Waals surface area contributed by atoms with Gasteiger partial charge in [-0.1, -0.05) is 0 Å². The molecule has 0 atom stereocenters. The first-order chi connectivity index (χ1) is 8.97. The maximum absolute atomic E-state index is 11.2. The van der Waals surface area contributed by atoms with Crippen LogP contribution in [0.25, 0.3) is 11.1 Å². The Balaban J connectivity index is 2.38. The zero-order valence-electron chi connectivity index (χ0n) is 10.8. The van der Waals surface area contributed by atoms with Gasteiger partial charge >= 0.3 is 5.76 Å². The first-order valence-electron chi connectivity index (χ1n) is 5.92. The SMILES string of the molecule is CN(C)CCCc1cc([N+](=O)[O-])cc2oc(=O)[nH]c12. The fraction of sp³-hybridized carbons (Fsp3) is 0.417. The molecular formula is C12H15N3O4. The molecule has 0 aliphatic rings. The number of non-ortho nitro benzene ring substituents is 1. The third-order valence-corrected chi connectivity index (χ3v) is 2.86. The average molecular weight is 265 g/mol. The van der Waals surface area contributed by atoms with Crippen LogP contribution in [-0.4, -0.2) is 35.4 Å². The van der Waals surface area contributed by atoms with Gasteiger partial charge in [0, 0.05) is 6.07 Å². The fourth-order valence-corrected chi connectivity index (χ4v) is 2.00. The van der Waals surface area contributed by atoms with E-state index in [0.29, 0.717) is 11.9 Å². The summed E-state index contributed by atoms with van der Waals surface area (Å²) >= 11 is 0. The molecule has 1 heterocycles. The lowest BCUT2D eigenvalue weighted by atomic mass is 10.1. The van der Waals surface area contributed by atoms with E-state index in [1.54, 1.807) is 0 Å². The first-order valence-corrected chi connectivity index (χ1v) is 5.92. The Morgan fingerprint density at radius 3 is 2.79 bits per heavy atom. The number of nitrogens with zero attached hydrogens (tertiary/aromatic N) is 2. The Kier molecular flexibility index (Phi) is 3.66. The van der Waals surface area contributed by atoms with Crippen molar-refractivity contribution >= 4 is 16.8 Å². The van der Waals surface area contributed by atoms with Crippen molar-refractivity contribution in [3.05, 3.63) is 38.4 Å². The van der Waals surface area contributed by atoms with Crippen LogP contribution in [0.4, 0.5) is 5.69 Å². The minimum atomic E-state index is -0.593. The molecule has 7 nitrogen and oxygen atoms in total. The van der Waals surface area contributed by atoms with E-state index in [2.05, 4.69) is 4.98 Å². The molecular weight excluding hydrogens is 250 g/mol. The van der Waals surface area contributed by atoms with Crippen LogP contribution in [0.1, 0.15) is 12.0 Å². The Hall–Kier alpha value is -2.15. The average Bonchev–Trinajstić information content (AvgIpc) is 2.68. The van der Waals surface area contributed by atoms with Crippen molar-refractivity contribution in [2.24, 2.45) is 0 Å². The van der Waals surface area contributed by atoms with Crippen molar-refractivity contribution in [2.75, 3.05) is 20.6 Å². The number of benzene rings is 1. The van der Waals surface area contributed by atoms with Gasteiger partial charge in [0.15, 0.2) is 5.58 Å². The second-order valence-electron chi connectivity index (χ2n) is 4.66. The summed E-state index contributed by atoms with van der Waals surface area (Å²) < 4.78 is 4.90.